The summed E-state index contributed by atoms with van der Waals surface area (Å²) in [5.41, 5.74) is -0.211. The normalized spacial score (nSPS) is 17.7. The number of esters is 1. The highest BCUT2D eigenvalue weighted by Crippen LogP contribution is 2.40. The van der Waals surface area contributed by atoms with Crippen molar-refractivity contribution in [1.29, 1.82) is 0 Å². The van der Waals surface area contributed by atoms with Gasteiger partial charge in [0.2, 0.25) is 11.5 Å². The zero-order chi connectivity index (χ0) is 23.6. The molecular formula is C20H22F3N3O6. The molecule has 1 aliphatic rings. The van der Waals surface area contributed by atoms with Gasteiger partial charge in [-0.15, -0.1) is 0 Å². The predicted octanol–water partition coefficient (Wildman–Crippen LogP) is 3.26. The van der Waals surface area contributed by atoms with Crippen molar-refractivity contribution in [3.63, 3.8) is 0 Å². The molecule has 2 aromatic rings. The van der Waals surface area contributed by atoms with E-state index in [9.17, 15) is 22.8 Å². The molecule has 0 saturated carbocycles. The minimum atomic E-state index is -4.53. The van der Waals surface area contributed by atoms with Crippen LogP contribution < -0.4 is 19.5 Å². The Morgan fingerprint density at radius 3 is 2.28 bits per heavy atom. The van der Waals surface area contributed by atoms with Crippen molar-refractivity contribution in [1.82, 2.24) is 9.78 Å². The number of rotatable bonds is 7. The van der Waals surface area contributed by atoms with Gasteiger partial charge in [0, 0.05) is 17.7 Å². The molecule has 0 spiro atoms. The van der Waals surface area contributed by atoms with Gasteiger partial charge in [0.05, 0.1) is 21.3 Å². The molecule has 0 fully saturated rings. The summed E-state index contributed by atoms with van der Waals surface area (Å²) in [4.78, 5) is 24.9. The van der Waals surface area contributed by atoms with E-state index in [1.165, 1.54) is 39.5 Å². The van der Waals surface area contributed by atoms with Crippen LogP contribution in [0.25, 0.3) is 0 Å². The van der Waals surface area contributed by atoms with E-state index < -0.39 is 36.6 Å². The van der Waals surface area contributed by atoms with Crippen LogP contribution in [0.2, 0.25) is 0 Å². The lowest BCUT2D eigenvalue weighted by Crippen LogP contribution is -2.37. The molecule has 0 bridgehead atoms. The van der Waals surface area contributed by atoms with Crippen molar-refractivity contribution in [2.45, 2.75) is 31.6 Å². The largest absolute Gasteiger partial charge is 0.493 e. The predicted molar refractivity (Wildman–Crippen MR) is 106 cm³/mol. The maximum Gasteiger partial charge on any atom is 0.410 e. The SMILES string of the molecule is COc1cc(C(=O)COC(=O)c2cc3n(n2)[C@H](C(F)(F)F)C[C@H](C)N3)cc(OC)c1OC. The molecule has 0 saturated heterocycles. The van der Waals surface area contributed by atoms with E-state index in [4.69, 9.17) is 18.9 Å². The van der Waals surface area contributed by atoms with Crippen molar-refractivity contribution in [3.8, 4) is 17.2 Å². The number of benzene rings is 1. The number of ketones is 1. The second-order valence-electron chi connectivity index (χ2n) is 7.11. The minimum Gasteiger partial charge on any atom is -0.493 e. The van der Waals surface area contributed by atoms with Crippen molar-refractivity contribution in [2.24, 2.45) is 0 Å². The van der Waals surface area contributed by atoms with Crippen molar-refractivity contribution >= 4 is 17.6 Å². The number of methoxy groups -OCH3 is 3. The number of nitrogens with one attached hydrogen (secondary N) is 1. The lowest BCUT2D eigenvalue weighted by atomic mass is 10.1. The van der Waals surface area contributed by atoms with Gasteiger partial charge in [-0.25, -0.2) is 9.48 Å². The molecule has 1 aliphatic heterocycles. The van der Waals surface area contributed by atoms with Gasteiger partial charge < -0.3 is 24.3 Å². The van der Waals surface area contributed by atoms with E-state index >= 15 is 0 Å². The van der Waals surface area contributed by atoms with Crippen molar-refractivity contribution in [2.75, 3.05) is 33.3 Å². The number of hydrogen-bond acceptors (Lipinski definition) is 8. The number of hydrogen-bond donors (Lipinski definition) is 1. The topological polar surface area (TPSA) is 101 Å². The van der Waals surface area contributed by atoms with Crippen molar-refractivity contribution in [3.05, 3.63) is 29.5 Å². The first kappa shape index (κ1) is 23.2. The summed E-state index contributed by atoms with van der Waals surface area (Å²) in [6, 6.07) is 1.63. The first-order valence-electron chi connectivity index (χ1n) is 9.52. The number of carbonyl (C=O) groups excluding carboxylic acids is 2. The molecule has 2 atom stereocenters. The van der Waals surface area contributed by atoms with Gasteiger partial charge in [0.1, 0.15) is 5.82 Å². The fourth-order valence-electron chi connectivity index (χ4n) is 3.39. The molecule has 0 radical (unpaired) electrons. The molecule has 1 N–H and O–H groups in total. The quantitative estimate of drug-likeness (QED) is 0.500. The van der Waals surface area contributed by atoms with Crippen LogP contribution in [0.4, 0.5) is 19.0 Å². The molecular weight excluding hydrogens is 435 g/mol. The maximum absolute atomic E-state index is 13.3. The smallest absolute Gasteiger partial charge is 0.410 e. The molecule has 12 heteroatoms. The summed E-state index contributed by atoms with van der Waals surface area (Å²) in [6.07, 6.45) is -4.76. The van der Waals surface area contributed by atoms with Crippen LogP contribution in [-0.4, -0.2) is 61.7 Å². The van der Waals surface area contributed by atoms with Crippen LogP contribution in [-0.2, 0) is 4.74 Å². The first-order valence-corrected chi connectivity index (χ1v) is 9.52. The zero-order valence-electron chi connectivity index (χ0n) is 17.8. The number of fused-ring (bicyclic) bond motifs is 1. The van der Waals surface area contributed by atoms with Gasteiger partial charge in [-0.2, -0.15) is 18.3 Å². The summed E-state index contributed by atoms with van der Waals surface area (Å²) < 4.78 is 61.3. The Kier molecular flexibility index (Phi) is 6.51. The molecule has 1 aromatic carbocycles. The highest BCUT2D eigenvalue weighted by molar-refractivity contribution is 6.00. The fraction of sp³-hybridized carbons (Fsp3) is 0.450. The maximum atomic E-state index is 13.3. The van der Waals surface area contributed by atoms with Crippen molar-refractivity contribution < 1.29 is 41.7 Å². The van der Waals surface area contributed by atoms with E-state index in [2.05, 4.69) is 10.4 Å². The summed E-state index contributed by atoms with van der Waals surface area (Å²) in [5.74, 6) is -0.796. The number of alkyl halides is 3. The van der Waals surface area contributed by atoms with Crippen LogP contribution in [0.5, 0.6) is 17.2 Å². The molecule has 174 valence electrons. The molecule has 9 nitrogen and oxygen atoms in total. The minimum absolute atomic E-state index is 0.0500. The zero-order valence-corrected chi connectivity index (χ0v) is 17.8. The van der Waals surface area contributed by atoms with Gasteiger partial charge in [-0.05, 0) is 25.5 Å². The number of anilines is 1. The molecule has 1 aromatic heterocycles. The molecule has 3 rings (SSSR count). The van der Waals surface area contributed by atoms with Gasteiger partial charge in [-0.3, -0.25) is 4.79 Å². The van der Waals surface area contributed by atoms with Crippen LogP contribution in [0, 0.1) is 0 Å². The standard InChI is InChI=1S/C20H22F3N3O6/c1-10-5-16(20(21,22)23)26-17(24-10)8-12(25-26)19(28)32-9-13(27)11-6-14(29-2)18(31-4)15(7-11)30-3/h6-8,10,16,24H,5,9H2,1-4H3/t10-,16-/m0/s1. The average Bonchev–Trinajstić information content (AvgIpc) is 3.18. The van der Waals surface area contributed by atoms with Gasteiger partial charge in [0.15, 0.2) is 29.8 Å². The van der Waals surface area contributed by atoms with Crippen LogP contribution in [0.3, 0.4) is 0 Å². The lowest BCUT2D eigenvalue weighted by molar-refractivity contribution is -0.173. The van der Waals surface area contributed by atoms with E-state index in [0.717, 1.165) is 4.68 Å². The summed E-state index contributed by atoms with van der Waals surface area (Å²) in [7, 11) is 4.18. The molecule has 0 unspecified atom stereocenters. The van der Waals surface area contributed by atoms with E-state index in [1.807, 2.05) is 0 Å². The highest BCUT2D eigenvalue weighted by atomic mass is 19.4. The van der Waals surface area contributed by atoms with Gasteiger partial charge in [-0.1, -0.05) is 0 Å². The number of halogens is 3. The average molecular weight is 457 g/mol. The highest BCUT2D eigenvalue weighted by Gasteiger charge is 2.45. The molecule has 0 aliphatic carbocycles. The fourth-order valence-corrected chi connectivity index (χ4v) is 3.39. The summed E-state index contributed by atoms with van der Waals surface area (Å²) in [5, 5.41) is 6.60. The van der Waals surface area contributed by atoms with E-state index in [0.29, 0.717) is 0 Å². The van der Waals surface area contributed by atoms with Gasteiger partial charge in [0.25, 0.3) is 0 Å². The molecule has 0 amide bonds. The first-order chi connectivity index (χ1) is 15.1. The van der Waals surface area contributed by atoms with Crippen LogP contribution in [0.1, 0.15) is 40.2 Å². The van der Waals surface area contributed by atoms with E-state index in [1.54, 1.807) is 6.92 Å². The van der Waals surface area contributed by atoms with Crippen LogP contribution >= 0.6 is 0 Å². The van der Waals surface area contributed by atoms with E-state index in [-0.39, 0.29) is 40.7 Å². The molecule has 2 heterocycles. The van der Waals surface area contributed by atoms with Crippen LogP contribution in [0.15, 0.2) is 18.2 Å². The lowest BCUT2D eigenvalue weighted by Gasteiger charge is -2.31. The monoisotopic (exact) mass is 457 g/mol. The Hall–Kier alpha value is -3.44. The third kappa shape index (κ3) is 4.58. The third-order valence-corrected chi connectivity index (χ3v) is 4.91. The Morgan fingerprint density at radius 1 is 1.12 bits per heavy atom. The number of nitrogens with zero attached hydrogens (tertiary/aromatic N) is 2. The number of aromatic nitrogens is 2. The Balaban J connectivity index is 1.75. The number of Topliss-reactive ketones (excluding diaryl/α,β-unsaturated/α-hetero) is 1. The third-order valence-electron chi connectivity index (χ3n) is 4.91. The number of carbonyl (C=O) groups is 2. The Labute approximate surface area is 181 Å². The molecule has 32 heavy (non-hydrogen) atoms. The Bertz CT molecular complexity index is 995. The summed E-state index contributed by atoms with van der Waals surface area (Å²) >= 11 is 0. The Morgan fingerprint density at radius 2 is 1.75 bits per heavy atom. The number of ether oxygens (including phenoxy) is 4. The van der Waals surface area contributed by atoms with Gasteiger partial charge >= 0.3 is 12.1 Å². The second kappa shape index (κ2) is 8.97. The second-order valence-corrected chi connectivity index (χ2v) is 7.11. The summed E-state index contributed by atoms with van der Waals surface area (Å²) in [6.45, 7) is 0.940.